The van der Waals surface area contributed by atoms with Crippen LogP contribution < -0.4 is 0 Å². The maximum Gasteiger partial charge on any atom is -0.0319 e. The average Bonchev–Trinajstić information content (AvgIpc) is 1.98. The predicted octanol–water partition coefficient (Wildman–Crippen LogP) is 3.37. The van der Waals surface area contributed by atoms with Gasteiger partial charge in [0.1, 0.15) is 0 Å². The first-order chi connectivity index (χ1) is 4.85. The quantitative estimate of drug-likeness (QED) is 0.510. The molecule has 0 saturated carbocycles. The zero-order chi connectivity index (χ0) is 7.82. The molecule has 1 radical (unpaired) electrons. The molecule has 0 aliphatic carbocycles. The summed E-state index contributed by atoms with van der Waals surface area (Å²) in [5.41, 5.74) is 0. The van der Waals surface area contributed by atoms with Gasteiger partial charge in [0.25, 0.3) is 0 Å². The lowest BCUT2D eigenvalue weighted by atomic mass is 9.98. The van der Waals surface area contributed by atoms with Gasteiger partial charge in [-0.1, -0.05) is 25.2 Å². The van der Waals surface area contributed by atoms with Crippen molar-refractivity contribution in [3.8, 4) is 0 Å². The molecule has 0 aliphatic heterocycles. The summed E-state index contributed by atoms with van der Waals surface area (Å²) in [5, 5.41) is 0. The van der Waals surface area contributed by atoms with Crippen LogP contribution in [0.3, 0.4) is 0 Å². The Kier molecular flexibility index (Phi) is 6.25. The molecule has 1 atom stereocenters. The highest BCUT2D eigenvalue weighted by atomic mass is 14.0. The first kappa shape index (κ1) is 9.48. The first-order valence-corrected chi connectivity index (χ1v) is 3.86. The Morgan fingerprint density at radius 1 is 1.40 bits per heavy atom. The van der Waals surface area contributed by atoms with E-state index in [2.05, 4.69) is 25.7 Å². The molecule has 0 aromatic carbocycles. The van der Waals surface area contributed by atoms with Gasteiger partial charge in [0.05, 0.1) is 0 Å². The van der Waals surface area contributed by atoms with Crippen LogP contribution >= 0.6 is 0 Å². The van der Waals surface area contributed by atoms with Gasteiger partial charge in [0.15, 0.2) is 0 Å². The molecule has 0 saturated heterocycles. The zero-order valence-corrected chi connectivity index (χ0v) is 6.84. The maximum absolute atomic E-state index is 3.88. The van der Waals surface area contributed by atoms with E-state index < -0.39 is 0 Å². The molecule has 57 valence electrons. The van der Waals surface area contributed by atoms with Crippen LogP contribution in [0.5, 0.6) is 0 Å². The fraction of sp³-hybridized carbons (Fsp3) is 0.500. The summed E-state index contributed by atoms with van der Waals surface area (Å²) in [7, 11) is 0. The highest BCUT2D eigenvalue weighted by molar-refractivity contribution is 4.83. The molecule has 0 spiro atoms. The topological polar surface area (TPSA) is 0 Å². The minimum absolute atomic E-state index is 0.702. The largest absolute Gasteiger partial charge is 0.103 e. The number of hydrogen-bond donors (Lipinski definition) is 0. The SMILES string of the molecule is [CH2]CC(CC=C)CC=CC. The lowest BCUT2D eigenvalue weighted by Gasteiger charge is -2.07. The van der Waals surface area contributed by atoms with Crippen molar-refractivity contribution in [3.05, 3.63) is 31.7 Å². The number of rotatable bonds is 5. The molecular formula is C10H17. The van der Waals surface area contributed by atoms with Crippen LogP contribution in [-0.2, 0) is 0 Å². The van der Waals surface area contributed by atoms with Crippen molar-refractivity contribution in [2.45, 2.75) is 26.2 Å². The third-order valence-electron chi connectivity index (χ3n) is 1.61. The summed E-state index contributed by atoms with van der Waals surface area (Å²) in [6.45, 7) is 9.63. The molecule has 0 aromatic rings. The predicted molar refractivity (Wildman–Crippen MR) is 47.7 cm³/mol. The fourth-order valence-corrected chi connectivity index (χ4v) is 0.896. The minimum atomic E-state index is 0.702. The summed E-state index contributed by atoms with van der Waals surface area (Å²) < 4.78 is 0. The van der Waals surface area contributed by atoms with Crippen molar-refractivity contribution >= 4 is 0 Å². The molecule has 0 aromatic heterocycles. The van der Waals surface area contributed by atoms with Crippen molar-refractivity contribution in [2.24, 2.45) is 5.92 Å². The van der Waals surface area contributed by atoms with Gasteiger partial charge < -0.3 is 0 Å². The summed E-state index contributed by atoms with van der Waals surface area (Å²) in [6.07, 6.45) is 9.50. The van der Waals surface area contributed by atoms with E-state index in [1.54, 1.807) is 0 Å². The molecule has 0 bridgehead atoms. The van der Waals surface area contributed by atoms with Crippen LogP contribution in [0.1, 0.15) is 26.2 Å². The maximum atomic E-state index is 3.88. The summed E-state index contributed by atoms with van der Waals surface area (Å²) in [4.78, 5) is 0. The number of allylic oxidation sites excluding steroid dienone is 3. The van der Waals surface area contributed by atoms with Crippen molar-refractivity contribution < 1.29 is 0 Å². The van der Waals surface area contributed by atoms with Crippen LogP contribution in [0.4, 0.5) is 0 Å². The van der Waals surface area contributed by atoms with Crippen molar-refractivity contribution in [1.82, 2.24) is 0 Å². The average molecular weight is 137 g/mol. The van der Waals surface area contributed by atoms with Gasteiger partial charge in [-0.05, 0) is 32.1 Å². The standard InChI is InChI=1S/C10H17/c1-4-7-9-10(6-3)8-5-2/h4-5,7,10H,2-3,6,8-9H2,1H3. The molecule has 0 rings (SSSR count). The Bertz CT molecular complexity index is 101. The van der Waals surface area contributed by atoms with E-state index >= 15 is 0 Å². The second kappa shape index (κ2) is 6.60. The van der Waals surface area contributed by atoms with Crippen LogP contribution in [0.15, 0.2) is 24.8 Å². The van der Waals surface area contributed by atoms with Gasteiger partial charge >= 0.3 is 0 Å². The van der Waals surface area contributed by atoms with E-state index in [1.807, 2.05) is 13.0 Å². The fourth-order valence-electron chi connectivity index (χ4n) is 0.896. The summed E-state index contributed by atoms with van der Waals surface area (Å²) in [6, 6.07) is 0. The van der Waals surface area contributed by atoms with E-state index in [-0.39, 0.29) is 0 Å². The molecule has 0 aliphatic rings. The normalized spacial score (nSPS) is 13.8. The Hall–Kier alpha value is -0.520. The van der Waals surface area contributed by atoms with E-state index in [1.165, 1.54) is 0 Å². The molecule has 0 N–H and O–H groups in total. The third-order valence-corrected chi connectivity index (χ3v) is 1.61. The van der Waals surface area contributed by atoms with E-state index in [0.29, 0.717) is 5.92 Å². The van der Waals surface area contributed by atoms with Crippen LogP contribution in [0.2, 0.25) is 0 Å². The highest BCUT2D eigenvalue weighted by Gasteiger charge is 1.99. The zero-order valence-electron chi connectivity index (χ0n) is 6.84. The Labute approximate surface area is 64.6 Å². The summed E-state index contributed by atoms with van der Waals surface area (Å²) >= 11 is 0. The molecule has 0 nitrogen and oxygen atoms in total. The highest BCUT2D eigenvalue weighted by Crippen LogP contribution is 2.13. The molecule has 0 amide bonds. The van der Waals surface area contributed by atoms with E-state index in [4.69, 9.17) is 0 Å². The Morgan fingerprint density at radius 2 is 2.10 bits per heavy atom. The molecule has 1 unspecified atom stereocenters. The van der Waals surface area contributed by atoms with Crippen molar-refractivity contribution in [2.75, 3.05) is 0 Å². The van der Waals surface area contributed by atoms with Crippen LogP contribution in [0.25, 0.3) is 0 Å². The minimum Gasteiger partial charge on any atom is -0.103 e. The number of hydrogen-bond acceptors (Lipinski definition) is 0. The van der Waals surface area contributed by atoms with Crippen LogP contribution in [-0.4, -0.2) is 0 Å². The third kappa shape index (κ3) is 4.37. The molecule has 0 heteroatoms. The molecule has 10 heavy (non-hydrogen) atoms. The van der Waals surface area contributed by atoms with Gasteiger partial charge in [-0.2, -0.15) is 0 Å². The molecular weight excluding hydrogens is 120 g/mol. The lowest BCUT2D eigenvalue weighted by Crippen LogP contribution is -1.94. The monoisotopic (exact) mass is 137 g/mol. The van der Waals surface area contributed by atoms with Crippen molar-refractivity contribution in [3.63, 3.8) is 0 Å². The van der Waals surface area contributed by atoms with Gasteiger partial charge in [-0.25, -0.2) is 0 Å². The smallest absolute Gasteiger partial charge is 0.0319 e. The van der Waals surface area contributed by atoms with Crippen molar-refractivity contribution in [1.29, 1.82) is 0 Å². The molecule has 0 fully saturated rings. The van der Waals surface area contributed by atoms with Gasteiger partial charge in [-0.3, -0.25) is 0 Å². The van der Waals surface area contributed by atoms with Gasteiger partial charge in [0.2, 0.25) is 0 Å². The molecule has 0 heterocycles. The van der Waals surface area contributed by atoms with Gasteiger partial charge in [-0.15, -0.1) is 6.58 Å². The van der Waals surface area contributed by atoms with Crippen LogP contribution in [0, 0.1) is 12.8 Å². The summed E-state index contributed by atoms with van der Waals surface area (Å²) in [5.74, 6) is 0.702. The first-order valence-electron chi connectivity index (χ1n) is 3.86. The van der Waals surface area contributed by atoms with E-state index in [9.17, 15) is 0 Å². The Morgan fingerprint density at radius 3 is 2.50 bits per heavy atom. The Balaban J connectivity index is 3.48. The lowest BCUT2D eigenvalue weighted by molar-refractivity contribution is 0.549. The van der Waals surface area contributed by atoms with E-state index in [0.717, 1.165) is 19.3 Å². The second-order valence-electron chi connectivity index (χ2n) is 2.48. The van der Waals surface area contributed by atoms with Gasteiger partial charge in [0, 0.05) is 0 Å². The second-order valence-corrected chi connectivity index (χ2v) is 2.48.